The third-order valence-electron chi connectivity index (χ3n) is 2.24. The van der Waals surface area contributed by atoms with Crippen LogP contribution in [-0.4, -0.2) is 40.1 Å². The number of carbonyl (C=O) groups excluding carboxylic acids is 1. The Hall–Kier alpha value is -1.63. The molecule has 7 heteroatoms. The van der Waals surface area contributed by atoms with Gasteiger partial charge in [0.15, 0.2) is 0 Å². The van der Waals surface area contributed by atoms with Crippen LogP contribution < -0.4 is 11.1 Å². The van der Waals surface area contributed by atoms with Crippen LogP contribution in [0.3, 0.4) is 0 Å². The summed E-state index contributed by atoms with van der Waals surface area (Å²) in [5, 5.41) is 19.5. The molecule has 2 atom stereocenters. The van der Waals surface area contributed by atoms with Gasteiger partial charge in [-0.1, -0.05) is 13.8 Å². The molecule has 7 nitrogen and oxygen atoms in total. The molecule has 0 aromatic heterocycles. The summed E-state index contributed by atoms with van der Waals surface area (Å²) in [6.07, 6.45) is -0.250. The van der Waals surface area contributed by atoms with E-state index in [1.165, 1.54) is 0 Å². The van der Waals surface area contributed by atoms with Crippen molar-refractivity contribution in [2.45, 2.75) is 38.8 Å². The van der Waals surface area contributed by atoms with Gasteiger partial charge in [0.1, 0.15) is 6.04 Å². The highest BCUT2D eigenvalue weighted by Crippen LogP contribution is 2.03. The minimum absolute atomic E-state index is 0.0222. The molecule has 0 aromatic rings. The van der Waals surface area contributed by atoms with E-state index in [1.807, 2.05) is 0 Å². The van der Waals surface area contributed by atoms with Gasteiger partial charge >= 0.3 is 11.9 Å². The van der Waals surface area contributed by atoms with E-state index in [4.69, 9.17) is 15.9 Å². The molecule has 0 rings (SSSR count). The van der Waals surface area contributed by atoms with Crippen molar-refractivity contribution in [3.05, 3.63) is 0 Å². The van der Waals surface area contributed by atoms with Gasteiger partial charge < -0.3 is 21.3 Å². The maximum atomic E-state index is 11.5. The van der Waals surface area contributed by atoms with E-state index < -0.39 is 29.9 Å². The van der Waals surface area contributed by atoms with Crippen molar-refractivity contribution in [1.82, 2.24) is 5.32 Å². The maximum Gasteiger partial charge on any atom is 0.326 e. The number of carboxylic acids is 2. The van der Waals surface area contributed by atoms with Crippen LogP contribution in [0.1, 0.15) is 26.7 Å². The first kappa shape index (κ1) is 15.4. The van der Waals surface area contributed by atoms with Gasteiger partial charge in [0.2, 0.25) is 5.91 Å². The van der Waals surface area contributed by atoms with Gasteiger partial charge in [-0.15, -0.1) is 0 Å². The Morgan fingerprint density at radius 3 is 2.12 bits per heavy atom. The molecule has 17 heavy (non-hydrogen) atoms. The molecule has 0 spiro atoms. The number of nitrogens with two attached hydrogens (primary N) is 1. The van der Waals surface area contributed by atoms with Crippen LogP contribution >= 0.6 is 0 Å². The normalized spacial score (nSPS) is 14.1. The molecule has 0 saturated carbocycles. The lowest BCUT2D eigenvalue weighted by Crippen LogP contribution is -2.50. The average Bonchev–Trinajstić information content (AvgIpc) is 2.20. The molecule has 98 valence electrons. The monoisotopic (exact) mass is 246 g/mol. The molecule has 1 amide bonds. The molecular weight excluding hydrogens is 228 g/mol. The van der Waals surface area contributed by atoms with Crippen molar-refractivity contribution in [2.24, 2.45) is 11.7 Å². The summed E-state index contributed by atoms with van der Waals surface area (Å²) >= 11 is 0. The number of rotatable bonds is 7. The van der Waals surface area contributed by atoms with E-state index in [2.05, 4.69) is 5.32 Å². The zero-order chi connectivity index (χ0) is 13.6. The summed E-state index contributed by atoms with van der Waals surface area (Å²) in [7, 11) is 0. The third kappa shape index (κ3) is 5.86. The Morgan fingerprint density at radius 1 is 1.24 bits per heavy atom. The van der Waals surface area contributed by atoms with Gasteiger partial charge in [0.05, 0.1) is 6.04 Å². The van der Waals surface area contributed by atoms with Gasteiger partial charge in [0.25, 0.3) is 0 Å². The molecule has 0 heterocycles. The molecule has 1 unspecified atom stereocenters. The Kier molecular flexibility index (Phi) is 6.19. The van der Waals surface area contributed by atoms with Crippen LogP contribution in [-0.2, 0) is 14.4 Å². The van der Waals surface area contributed by atoms with Crippen LogP contribution in [0.5, 0.6) is 0 Å². The zero-order valence-corrected chi connectivity index (χ0v) is 9.84. The number of hydrogen-bond acceptors (Lipinski definition) is 4. The van der Waals surface area contributed by atoms with Crippen LogP contribution in [0.15, 0.2) is 0 Å². The van der Waals surface area contributed by atoms with Crippen LogP contribution in [0, 0.1) is 5.92 Å². The predicted molar refractivity (Wildman–Crippen MR) is 59.2 cm³/mol. The highest BCUT2D eigenvalue weighted by Gasteiger charge is 2.25. The number of nitrogens with one attached hydrogen (secondary N) is 1. The van der Waals surface area contributed by atoms with Gasteiger partial charge in [-0.3, -0.25) is 9.59 Å². The molecule has 0 fully saturated rings. The fraction of sp³-hybridized carbons (Fsp3) is 0.700. The smallest absolute Gasteiger partial charge is 0.326 e. The first-order valence-electron chi connectivity index (χ1n) is 5.26. The second kappa shape index (κ2) is 6.85. The van der Waals surface area contributed by atoms with Gasteiger partial charge in [0, 0.05) is 6.42 Å². The van der Waals surface area contributed by atoms with Crippen LogP contribution in [0.25, 0.3) is 0 Å². The fourth-order valence-corrected chi connectivity index (χ4v) is 1.18. The van der Waals surface area contributed by atoms with Crippen molar-refractivity contribution in [1.29, 1.82) is 0 Å². The summed E-state index contributed by atoms with van der Waals surface area (Å²) in [6.45, 7) is 3.31. The predicted octanol–water partition coefficient (Wildman–Crippen LogP) is -0.596. The van der Waals surface area contributed by atoms with Crippen LogP contribution in [0.4, 0.5) is 0 Å². The van der Waals surface area contributed by atoms with Crippen molar-refractivity contribution >= 4 is 17.8 Å². The molecule has 0 aromatic carbocycles. The molecule has 0 saturated heterocycles. The first-order chi connectivity index (χ1) is 7.75. The summed E-state index contributed by atoms with van der Waals surface area (Å²) in [6, 6.07) is -2.02. The minimum atomic E-state index is -1.14. The second-order valence-corrected chi connectivity index (χ2v) is 4.11. The second-order valence-electron chi connectivity index (χ2n) is 4.11. The molecule has 0 aliphatic heterocycles. The van der Waals surface area contributed by atoms with Gasteiger partial charge in [-0.05, 0) is 12.3 Å². The number of carboxylic acid groups (broad SMARTS) is 2. The average molecular weight is 246 g/mol. The van der Waals surface area contributed by atoms with E-state index in [9.17, 15) is 14.4 Å². The summed E-state index contributed by atoms with van der Waals surface area (Å²) in [5.74, 6) is -3.11. The standard InChI is InChI=1S/C10H18N2O5/c1-5(2)8(10(16)17)12-9(15)6(11)3-4-7(13)14/h5-6,8H,3-4,11H2,1-2H3,(H,12,15)(H,13,14)(H,16,17)/t6-,8?/m0/s1. The Bertz CT molecular complexity index is 303. The highest BCUT2D eigenvalue weighted by atomic mass is 16.4. The lowest BCUT2D eigenvalue weighted by atomic mass is 10.0. The van der Waals surface area contributed by atoms with E-state index >= 15 is 0 Å². The van der Waals surface area contributed by atoms with E-state index in [0.717, 1.165) is 0 Å². The van der Waals surface area contributed by atoms with Gasteiger partial charge in [-0.2, -0.15) is 0 Å². The van der Waals surface area contributed by atoms with E-state index in [0.29, 0.717) is 0 Å². The molecule has 0 aliphatic rings. The molecule has 0 aliphatic carbocycles. The minimum Gasteiger partial charge on any atom is -0.481 e. The van der Waals surface area contributed by atoms with Crippen molar-refractivity contribution in [2.75, 3.05) is 0 Å². The largest absolute Gasteiger partial charge is 0.481 e. The molecule has 0 bridgehead atoms. The summed E-state index contributed by atoms with van der Waals surface area (Å²) in [4.78, 5) is 32.6. The number of hydrogen-bond donors (Lipinski definition) is 4. The number of amides is 1. The van der Waals surface area contributed by atoms with Gasteiger partial charge in [-0.25, -0.2) is 4.79 Å². The lowest BCUT2D eigenvalue weighted by molar-refractivity contribution is -0.143. The summed E-state index contributed by atoms with van der Waals surface area (Å²) in [5.41, 5.74) is 5.45. The van der Waals surface area contributed by atoms with Crippen molar-refractivity contribution < 1.29 is 24.6 Å². The summed E-state index contributed by atoms with van der Waals surface area (Å²) < 4.78 is 0. The lowest BCUT2D eigenvalue weighted by Gasteiger charge is -2.20. The first-order valence-corrected chi connectivity index (χ1v) is 5.26. The van der Waals surface area contributed by atoms with Crippen LogP contribution in [0.2, 0.25) is 0 Å². The molecular formula is C10H18N2O5. The van der Waals surface area contributed by atoms with E-state index in [-0.39, 0.29) is 18.8 Å². The number of carbonyl (C=O) groups is 3. The molecule has 5 N–H and O–H groups in total. The quantitative estimate of drug-likeness (QED) is 0.474. The Balaban J connectivity index is 4.31. The number of aliphatic carboxylic acids is 2. The SMILES string of the molecule is CC(C)C(NC(=O)[C@@H](N)CCC(=O)O)C(=O)O. The van der Waals surface area contributed by atoms with Crippen molar-refractivity contribution in [3.63, 3.8) is 0 Å². The topological polar surface area (TPSA) is 130 Å². The van der Waals surface area contributed by atoms with Crippen molar-refractivity contribution in [3.8, 4) is 0 Å². The maximum absolute atomic E-state index is 11.5. The Morgan fingerprint density at radius 2 is 1.76 bits per heavy atom. The fourth-order valence-electron chi connectivity index (χ4n) is 1.18. The third-order valence-corrected chi connectivity index (χ3v) is 2.24. The highest BCUT2D eigenvalue weighted by molar-refractivity contribution is 5.87. The Labute approximate surface area is 99.0 Å². The van der Waals surface area contributed by atoms with E-state index in [1.54, 1.807) is 13.8 Å². The zero-order valence-electron chi connectivity index (χ0n) is 9.84. The molecule has 0 radical (unpaired) electrons.